The Balaban J connectivity index is 1.64. The van der Waals surface area contributed by atoms with Crippen molar-refractivity contribution in [3.8, 4) is 0 Å². The minimum absolute atomic E-state index is 0.124. The largest absolute Gasteiger partial charge is 0.341 e. The van der Waals surface area contributed by atoms with Crippen molar-refractivity contribution in [2.24, 2.45) is 4.40 Å². The topological polar surface area (TPSA) is 88.4 Å². The molecule has 7 nitrogen and oxygen atoms in total. The fourth-order valence-corrected chi connectivity index (χ4v) is 3.57. The molecular formula is C15H19N5O2S. The van der Waals surface area contributed by atoms with Crippen LogP contribution in [0.25, 0.3) is 0 Å². The summed E-state index contributed by atoms with van der Waals surface area (Å²) in [4.78, 5) is 0.212. The van der Waals surface area contributed by atoms with E-state index in [-0.39, 0.29) is 10.9 Å². The number of hydrogen-bond donors (Lipinski definition) is 2. The van der Waals surface area contributed by atoms with Gasteiger partial charge in [0.1, 0.15) is 10.7 Å². The highest BCUT2D eigenvalue weighted by molar-refractivity contribution is 7.90. The third-order valence-corrected chi connectivity index (χ3v) is 4.89. The molecule has 0 radical (unpaired) electrons. The number of para-hydroxylation sites is 1. The second-order valence-electron chi connectivity index (χ2n) is 5.66. The van der Waals surface area contributed by atoms with Crippen LogP contribution < -0.4 is 10.6 Å². The average molecular weight is 333 g/mol. The molecular weight excluding hydrogens is 314 g/mol. The Morgan fingerprint density at radius 2 is 2.13 bits per heavy atom. The summed E-state index contributed by atoms with van der Waals surface area (Å²) in [6, 6.07) is 6.88. The van der Waals surface area contributed by atoms with Crippen LogP contribution in [0, 0.1) is 6.92 Å². The molecule has 1 aliphatic rings. The van der Waals surface area contributed by atoms with Crippen LogP contribution in [-0.4, -0.2) is 36.6 Å². The number of anilines is 1. The number of benzene rings is 1. The molecule has 2 heterocycles. The van der Waals surface area contributed by atoms with Gasteiger partial charge in [0.25, 0.3) is 10.0 Å². The molecule has 2 N–H and O–H groups in total. The molecule has 122 valence electrons. The molecule has 2 aromatic rings. The van der Waals surface area contributed by atoms with Crippen LogP contribution >= 0.6 is 0 Å². The van der Waals surface area contributed by atoms with Crippen molar-refractivity contribution in [1.29, 1.82) is 0 Å². The first-order valence-electron chi connectivity index (χ1n) is 7.36. The number of sulfonamides is 1. The van der Waals surface area contributed by atoms with Gasteiger partial charge in [-0.3, -0.25) is 4.68 Å². The number of fused-ring (bicyclic) bond motifs is 1. The molecule has 0 amide bonds. The highest BCUT2D eigenvalue weighted by Gasteiger charge is 2.24. The molecule has 0 spiro atoms. The molecule has 0 bridgehead atoms. The summed E-state index contributed by atoms with van der Waals surface area (Å²) in [6.07, 6.45) is 3.78. The maximum atomic E-state index is 12.2. The fourth-order valence-electron chi connectivity index (χ4n) is 2.43. The minimum Gasteiger partial charge on any atom is -0.341 e. The van der Waals surface area contributed by atoms with Gasteiger partial charge in [-0.2, -0.15) is 13.5 Å². The van der Waals surface area contributed by atoms with Crippen molar-refractivity contribution in [2.75, 3.05) is 11.9 Å². The molecule has 1 aromatic heterocycles. The predicted octanol–water partition coefficient (Wildman–Crippen LogP) is 1.38. The molecule has 0 saturated heterocycles. The summed E-state index contributed by atoms with van der Waals surface area (Å²) < 4.78 is 30.0. The van der Waals surface area contributed by atoms with Gasteiger partial charge in [0.05, 0.1) is 25.0 Å². The van der Waals surface area contributed by atoms with E-state index in [0.717, 1.165) is 5.56 Å². The highest BCUT2D eigenvalue weighted by atomic mass is 32.2. The first-order valence-corrected chi connectivity index (χ1v) is 8.80. The van der Waals surface area contributed by atoms with E-state index in [0.29, 0.717) is 24.6 Å². The van der Waals surface area contributed by atoms with Gasteiger partial charge in [-0.15, -0.1) is 4.40 Å². The lowest BCUT2D eigenvalue weighted by Crippen LogP contribution is -2.38. The van der Waals surface area contributed by atoms with Crippen molar-refractivity contribution >= 4 is 21.5 Å². The lowest BCUT2D eigenvalue weighted by atomic mass is 10.3. The average Bonchev–Trinajstić information content (AvgIpc) is 2.90. The lowest BCUT2D eigenvalue weighted by Gasteiger charge is -2.20. The molecule has 1 aliphatic heterocycles. The molecule has 1 unspecified atom stereocenters. The zero-order valence-electron chi connectivity index (χ0n) is 13.0. The van der Waals surface area contributed by atoms with E-state index in [1.54, 1.807) is 24.3 Å². The van der Waals surface area contributed by atoms with E-state index >= 15 is 0 Å². The normalized spacial score (nSPS) is 17.0. The monoisotopic (exact) mass is 333 g/mol. The molecule has 8 heteroatoms. The third-order valence-electron chi connectivity index (χ3n) is 3.52. The fraction of sp³-hybridized carbons (Fsp3) is 0.333. The van der Waals surface area contributed by atoms with Crippen molar-refractivity contribution in [1.82, 2.24) is 15.1 Å². The highest BCUT2D eigenvalue weighted by Crippen LogP contribution is 2.26. The quantitative estimate of drug-likeness (QED) is 0.863. The van der Waals surface area contributed by atoms with E-state index in [2.05, 4.69) is 20.1 Å². The van der Waals surface area contributed by atoms with Gasteiger partial charge in [0.2, 0.25) is 0 Å². The molecule has 3 rings (SSSR count). The zero-order valence-corrected chi connectivity index (χ0v) is 13.8. The summed E-state index contributed by atoms with van der Waals surface area (Å²) >= 11 is 0. The van der Waals surface area contributed by atoms with Gasteiger partial charge in [-0.1, -0.05) is 12.1 Å². The van der Waals surface area contributed by atoms with Gasteiger partial charge < -0.3 is 10.6 Å². The standard InChI is InChI=1S/C15H19N5O2S/c1-11-7-17-20(9-11)10-12(2)16-8-15-18-13-5-3-4-6-14(13)23(21,22)19-15/h3-7,9,12,16H,8,10H2,1-2H3,(H,18,19). The SMILES string of the molecule is Cc1cnn(CC(C)NCC2=NS(=O)(=O)c3ccccc3N2)c1. The number of hydrogen-bond acceptors (Lipinski definition) is 5. The van der Waals surface area contributed by atoms with E-state index in [9.17, 15) is 8.42 Å². The van der Waals surface area contributed by atoms with Crippen molar-refractivity contribution in [3.63, 3.8) is 0 Å². The van der Waals surface area contributed by atoms with Crippen LogP contribution in [0.1, 0.15) is 12.5 Å². The summed E-state index contributed by atoms with van der Waals surface area (Å²) in [5, 5.41) is 10.6. The number of amidine groups is 1. The molecule has 1 atom stereocenters. The van der Waals surface area contributed by atoms with Gasteiger partial charge in [0, 0.05) is 12.2 Å². The van der Waals surface area contributed by atoms with Crippen LogP contribution in [0.3, 0.4) is 0 Å². The van der Waals surface area contributed by atoms with E-state index in [1.165, 1.54) is 0 Å². The Labute approximate surface area is 135 Å². The van der Waals surface area contributed by atoms with Gasteiger partial charge in [0.15, 0.2) is 0 Å². The molecule has 23 heavy (non-hydrogen) atoms. The summed E-state index contributed by atoms with van der Waals surface area (Å²) in [5.41, 5.74) is 1.67. The number of rotatable bonds is 5. The van der Waals surface area contributed by atoms with Crippen LogP contribution in [-0.2, 0) is 16.6 Å². The number of aryl methyl sites for hydroxylation is 1. The minimum atomic E-state index is -3.63. The molecule has 0 aliphatic carbocycles. The Kier molecular flexibility index (Phi) is 4.18. The summed E-state index contributed by atoms with van der Waals surface area (Å²) in [7, 11) is -3.63. The third kappa shape index (κ3) is 3.59. The van der Waals surface area contributed by atoms with Gasteiger partial charge >= 0.3 is 0 Å². The summed E-state index contributed by atoms with van der Waals surface area (Å²) in [6.45, 7) is 5.05. The Morgan fingerprint density at radius 3 is 2.87 bits per heavy atom. The van der Waals surface area contributed by atoms with Crippen LogP contribution in [0.15, 0.2) is 46.0 Å². The van der Waals surface area contributed by atoms with Crippen LogP contribution in [0.5, 0.6) is 0 Å². The Morgan fingerprint density at radius 1 is 1.35 bits per heavy atom. The second-order valence-corrected chi connectivity index (χ2v) is 7.23. The smallest absolute Gasteiger partial charge is 0.286 e. The maximum absolute atomic E-state index is 12.2. The number of nitrogens with zero attached hydrogens (tertiary/aromatic N) is 3. The van der Waals surface area contributed by atoms with Crippen molar-refractivity contribution in [3.05, 3.63) is 42.2 Å². The van der Waals surface area contributed by atoms with Crippen LogP contribution in [0.2, 0.25) is 0 Å². The van der Waals surface area contributed by atoms with Gasteiger partial charge in [-0.05, 0) is 31.5 Å². The van der Waals surface area contributed by atoms with E-state index < -0.39 is 10.0 Å². The number of aromatic nitrogens is 2. The zero-order chi connectivity index (χ0) is 16.4. The van der Waals surface area contributed by atoms with E-state index in [1.807, 2.05) is 30.9 Å². The number of nitrogens with one attached hydrogen (secondary N) is 2. The maximum Gasteiger partial charge on any atom is 0.286 e. The first kappa shape index (κ1) is 15.7. The van der Waals surface area contributed by atoms with E-state index in [4.69, 9.17) is 0 Å². The Bertz CT molecular complexity index is 841. The molecule has 0 saturated carbocycles. The lowest BCUT2D eigenvalue weighted by molar-refractivity contribution is 0.472. The predicted molar refractivity (Wildman–Crippen MR) is 89.1 cm³/mol. The van der Waals surface area contributed by atoms with Crippen LogP contribution in [0.4, 0.5) is 5.69 Å². The second kappa shape index (κ2) is 6.13. The Hall–Kier alpha value is -2.19. The van der Waals surface area contributed by atoms with Crippen molar-refractivity contribution in [2.45, 2.75) is 31.3 Å². The molecule has 0 fully saturated rings. The summed E-state index contributed by atoms with van der Waals surface area (Å²) in [5.74, 6) is 0.396. The van der Waals surface area contributed by atoms with Gasteiger partial charge in [-0.25, -0.2) is 0 Å². The first-order chi connectivity index (χ1) is 10.9. The molecule has 1 aromatic carbocycles. The van der Waals surface area contributed by atoms with Crippen molar-refractivity contribution < 1.29 is 8.42 Å².